The van der Waals surface area contributed by atoms with Crippen LogP contribution in [0.15, 0.2) is 79.0 Å². The Labute approximate surface area is 269 Å². The molecular weight excluding hydrogens is 632 g/mol. The summed E-state index contributed by atoms with van der Waals surface area (Å²) in [6.07, 6.45) is 1.29. The van der Waals surface area contributed by atoms with E-state index in [0.717, 1.165) is 0 Å². The van der Waals surface area contributed by atoms with Crippen molar-refractivity contribution in [3.05, 3.63) is 107 Å². The van der Waals surface area contributed by atoms with Crippen LogP contribution in [0.25, 0.3) is 0 Å². The van der Waals surface area contributed by atoms with Crippen molar-refractivity contribution in [2.45, 2.75) is 18.0 Å². The van der Waals surface area contributed by atoms with E-state index in [9.17, 15) is 23.3 Å². The van der Waals surface area contributed by atoms with Gasteiger partial charge in [-0.15, -0.1) is 0 Å². The van der Waals surface area contributed by atoms with E-state index < -0.39 is 39.8 Å². The van der Waals surface area contributed by atoms with Crippen LogP contribution in [0.1, 0.15) is 43.6 Å². The number of nitrogens with zero attached hydrogens (tertiary/aromatic N) is 5. The van der Waals surface area contributed by atoms with Crippen molar-refractivity contribution in [2.24, 2.45) is 5.73 Å². The molecule has 4 aromatic rings. The Morgan fingerprint density at radius 2 is 1.77 bits per heavy atom. The van der Waals surface area contributed by atoms with Gasteiger partial charge in [0.15, 0.2) is 5.69 Å². The third kappa shape index (κ3) is 5.60. The Hall–Kier alpha value is -5.17. The second-order valence-electron chi connectivity index (χ2n) is 11.1. The maximum atomic E-state index is 15.3. The fraction of sp³-hybridized carbons (Fsp3) is 0.250. The van der Waals surface area contributed by atoms with Crippen molar-refractivity contribution >= 4 is 33.2 Å². The molecule has 0 spiro atoms. The Bertz CT molecular complexity index is 2000. The molecule has 242 valence electrons. The molecule has 2 aliphatic heterocycles. The topological polar surface area (TPSA) is 164 Å². The van der Waals surface area contributed by atoms with Crippen molar-refractivity contribution < 1.29 is 31.5 Å². The minimum atomic E-state index is -3.79. The summed E-state index contributed by atoms with van der Waals surface area (Å²) in [6, 6.07) is 17.4. The van der Waals surface area contributed by atoms with Gasteiger partial charge < -0.3 is 20.7 Å². The standard InChI is InChI=1S/C32H29F2N7O5S/c1-46-28-12-7-20(15-21(28)16-36)30(42)38-25-17-37-41-27-19-39(47(44,45)14-13-35)18-26(27)40(31(43)29(25)41)24-10-8-23(9-11-24)32(33,34)22-5-3-2-4-6-22/h2-12,15,17,26-27H,13-14,18-19,35H2,1H3,(H,38,42)/t26-,27-/m0/s1. The van der Waals surface area contributed by atoms with Gasteiger partial charge in [0.2, 0.25) is 10.0 Å². The average Bonchev–Trinajstić information content (AvgIpc) is 3.71. The summed E-state index contributed by atoms with van der Waals surface area (Å²) in [5.74, 6) is -4.58. The molecule has 3 aromatic carbocycles. The molecule has 0 unspecified atom stereocenters. The third-order valence-electron chi connectivity index (χ3n) is 8.33. The molecule has 1 saturated heterocycles. The maximum Gasteiger partial charge on any atom is 0.298 e. The fourth-order valence-corrected chi connectivity index (χ4v) is 7.32. The minimum absolute atomic E-state index is 0.0228. The average molecular weight is 662 g/mol. The summed E-state index contributed by atoms with van der Waals surface area (Å²) in [5.41, 5.74) is 5.61. The number of methoxy groups -OCH3 is 1. The lowest BCUT2D eigenvalue weighted by Crippen LogP contribution is -2.51. The van der Waals surface area contributed by atoms with Crippen molar-refractivity contribution in [3.8, 4) is 11.8 Å². The molecule has 0 bridgehead atoms. The molecule has 2 aliphatic rings. The predicted molar refractivity (Wildman–Crippen MR) is 168 cm³/mol. The Morgan fingerprint density at radius 3 is 2.43 bits per heavy atom. The lowest BCUT2D eigenvalue weighted by atomic mass is 9.99. The van der Waals surface area contributed by atoms with Crippen LogP contribution in [0.4, 0.5) is 20.2 Å². The number of carbonyl (C=O) groups is 2. The highest BCUT2D eigenvalue weighted by Gasteiger charge is 2.50. The molecule has 2 atom stereocenters. The molecule has 6 rings (SSSR count). The van der Waals surface area contributed by atoms with E-state index in [1.54, 1.807) is 6.07 Å². The first-order chi connectivity index (χ1) is 22.5. The lowest BCUT2D eigenvalue weighted by Gasteiger charge is -2.37. The van der Waals surface area contributed by atoms with Crippen LogP contribution in [-0.4, -0.2) is 72.9 Å². The van der Waals surface area contributed by atoms with Crippen LogP contribution in [0.3, 0.4) is 0 Å². The predicted octanol–water partition coefficient (Wildman–Crippen LogP) is 3.33. The Kier molecular flexibility index (Phi) is 8.26. The van der Waals surface area contributed by atoms with Crippen LogP contribution in [-0.2, 0) is 15.9 Å². The van der Waals surface area contributed by atoms with Gasteiger partial charge in [0.1, 0.15) is 11.8 Å². The minimum Gasteiger partial charge on any atom is -0.495 e. The quantitative estimate of drug-likeness (QED) is 0.276. The van der Waals surface area contributed by atoms with E-state index in [-0.39, 0.29) is 70.5 Å². The number of nitrogens with two attached hydrogens (primary N) is 1. The molecule has 15 heteroatoms. The van der Waals surface area contributed by atoms with E-state index in [0.29, 0.717) is 0 Å². The van der Waals surface area contributed by atoms with Gasteiger partial charge >= 0.3 is 0 Å². The number of anilines is 2. The molecule has 3 N–H and O–H groups in total. The third-order valence-corrected chi connectivity index (χ3v) is 10.2. The second kappa shape index (κ2) is 12.2. The molecule has 47 heavy (non-hydrogen) atoms. The monoisotopic (exact) mass is 661 g/mol. The number of benzene rings is 3. The van der Waals surface area contributed by atoms with Crippen molar-refractivity contribution in [1.29, 1.82) is 5.26 Å². The number of sulfonamides is 1. The maximum absolute atomic E-state index is 15.3. The number of nitrogens with one attached hydrogen (secondary N) is 1. The first kappa shape index (κ1) is 31.8. The normalized spacial score (nSPS) is 17.9. The van der Waals surface area contributed by atoms with Gasteiger partial charge in [-0.1, -0.05) is 42.5 Å². The van der Waals surface area contributed by atoms with Crippen molar-refractivity contribution in [2.75, 3.05) is 42.7 Å². The zero-order valence-corrected chi connectivity index (χ0v) is 25.8. The highest BCUT2D eigenvalue weighted by molar-refractivity contribution is 7.89. The van der Waals surface area contributed by atoms with Gasteiger partial charge in [-0.25, -0.2) is 8.42 Å². The molecule has 2 amide bonds. The van der Waals surface area contributed by atoms with Crippen molar-refractivity contribution in [1.82, 2.24) is 14.1 Å². The van der Waals surface area contributed by atoms with Crippen LogP contribution in [0.2, 0.25) is 0 Å². The molecule has 12 nitrogen and oxygen atoms in total. The Morgan fingerprint density at radius 1 is 1.09 bits per heavy atom. The number of carbonyl (C=O) groups excluding carboxylic acids is 2. The van der Waals surface area contributed by atoms with E-state index in [2.05, 4.69) is 10.4 Å². The van der Waals surface area contributed by atoms with E-state index in [4.69, 9.17) is 10.5 Å². The number of ether oxygens (including phenoxy) is 1. The molecular formula is C32H29F2N7O5S. The first-order valence-electron chi connectivity index (χ1n) is 14.5. The number of halogens is 2. The van der Waals surface area contributed by atoms with E-state index in [1.165, 1.54) is 93.9 Å². The molecule has 0 radical (unpaired) electrons. The van der Waals surface area contributed by atoms with Gasteiger partial charge in [-0.05, 0) is 30.3 Å². The molecule has 1 aromatic heterocycles. The smallest absolute Gasteiger partial charge is 0.298 e. The van der Waals surface area contributed by atoms with Crippen LogP contribution < -0.4 is 20.7 Å². The highest BCUT2D eigenvalue weighted by atomic mass is 32.2. The van der Waals surface area contributed by atoms with E-state index >= 15 is 8.78 Å². The summed E-state index contributed by atoms with van der Waals surface area (Å²) in [4.78, 5) is 28.9. The second-order valence-corrected chi connectivity index (χ2v) is 13.1. The van der Waals surface area contributed by atoms with Gasteiger partial charge in [-0.2, -0.15) is 23.4 Å². The number of aromatic nitrogens is 2. The van der Waals surface area contributed by atoms with Gasteiger partial charge in [0.05, 0.1) is 42.4 Å². The summed E-state index contributed by atoms with van der Waals surface area (Å²) >= 11 is 0. The molecule has 3 heterocycles. The van der Waals surface area contributed by atoms with Crippen molar-refractivity contribution in [3.63, 3.8) is 0 Å². The SMILES string of the molecule is COc1ccc(C(=O)Nc2cnn3c2C(=O)N(c2ccc(C(F)(F)c4ccccc4)cc2)[C@H]2CN(S(=O)(=O)CCN)C[C@@H]23)cc1C#N. The lowest BCUT2D eigenvalue weighted by molar-refractivity contribution is 0.0428. The Balaban J connectivity index is 1.38. The number of nitriles is 1. The van der Waals surface area contributed by atoms with Crippen LogP contribution in [0, 0.1) is 11.3 Å². The number of alkyl halides is 2. The molecule has 1 fully saturated rings. The number of amides is 2. The number of fused-ring (bicyclic) bond motifs is 3. The highest BCUT2D eigenvalue weighted by Crippen LogP contribution is 2.41. The van der Waals surface area contributed by atoms with E-state index in [1.807, 2.05) is 6.07 Å². The van der Waals surface area contributed by atoms with Gasteiger partial charge in [-0.3, -0.25) is 14.3 Å². The number of hydrogen-bond donors (Lipinski definition) is 2. The van der Waals surface area contributed by atoms with Gasteiger partial charge in [0.25, 0.3) is 17.7 Å². The molecule has 0 saturated carbocycles. The summed E-state index contributed by atoms with van der Waals surface area (Å²) in [5, 5.41) is 16.5. The number of rotatable bonds is 9. The van der Waals surface area contributed by atoms with Crippen LogP contribution in [0.5, 0.6) is 5.75 Å². The first-order valence-corrected chi connectivity index (χ1v) is 16.1. The largest absolute Gasteiger partial charge is 0.495 e. The number of hydrogen-bond acceptors (Lipinski definition) is 8. The summed E-state index contributed by atoms with van der Waals surface area (Å²) in [6.45, 7) is -0.215. The molecule has 0 aliphatic carbocycles. The zero-order chi connectivity index (χ0) is 33.5. The summed E-state index contributed by atoms with van der Waals surface area (Å²) < 4.78 is 64.5. The zero-order valence-electron chi connectivity index (χ0n) is 25.0. The fourth-order valence-electron chi connectivity index (χ4n) is 6.00. The van der Waals surface area contributed by atoms with Crippen LogP contribution >= 0.6 is 0 Å². The summed E-state index contributed by atoms with van der Waals surface area (Å²) in [7, 11) is -2.39. The van der Waals surface area contributed by atoms with Gasteiger partial charge in [0, 0.05) is 42.0 Å².